The lowest BCUT2D eigenvalue weighted by atomic mass is 10.2. The van der Waals surface area contributed by atoms with Gasteiger partial charge in [0.2, 0.25) is 5.91 Å². The van der Waals surface area contributed by atoms with Gasteiger partial charge in [0.25, 0.3) is 0 Å². The molecule has 0 heterocycles. The van der Waals surface area contributed by atoms with E-state index >= 15 is 0 Å². The molecular weight excluding hydrogens is 152 g/mol. The molecule has 0 rings (SSSR count). The zero-order valence-corrected chi connectivity index (χ0v) is 7.85. The van der Waals surface area contributed by atoms with Crippen LogP contribution in [0.5, 0.6) is 0 Å². The molecule has 2 N–H and O–H groups in total. The fourth-order valence-electron chi connectivity index (χ4n) is 0.867. The number of carbonyl (C=O) groups is 1. The van der Waals surface area contributed by atoms with Crippen LogP contribution in [0, 0.1) is 12.3 Å². The lowest BCUT2D eigenvalue weighted by molar-refractivity contribution is -0.122. The van der Waals surface area contributed by atoms with Crippen LogP contribution in [0.4, 0.5) is 0 Å². The first-order chi connectivity index (χ1) is 5.57. The Morgan fingerprint density at radius 2 is 2.08 bits per heavy atom. The molecule has 0 aromatic carbocycles. The molecule has 0 aromatic rings. The Morgan fingerprint density at radius 3 is 2.50 bits per heavy atom. The van der Waals surface area contributed by atoms with E-state index in [9.17, 15) is 4.79 Å². The van der Waals surface area contributed by atoms with Crippen LogP contribution >= 0.6 is 0 Å². The first kappa shape index (κ1) is 11.0. The van der Waals surface area contributed by atoms with Crippen molar-refractivity contribution in [2.45, 2.75) is 32.9 Å². The summed E-state index contributed by atoms with van der Waals surface area (Å²) >= 11 is 0. The fourth-order valence-corrected chi connectivity index (χ4v) is 0.867. The van der Waals surface area contributed by atoms with E-state index in [1.54, 1.807) is 0 Å². The van der Waals surface area contributed by atoms with E-state index in [1.165, 1.54) is 0 Å². The van der Waals surface area contributed by atoms with Crippen molar-refractivity contribution < 1.29 is 4.79 Å². The largest absolute Gasteiger partial charge is 0.344 e. The molecule has 12 heavy (non-hydrogen) atoms. The monoisotopic (exact) mass is 168 g/mol. The van der Waals surface area contributed by atoms with Crippen LogP contribution in [0.1, 0.15) is 20.8 Å². The van der Waals surface area contributed by atoms with Crippen molar-refractivity contribution in [1.29, 1.82) is 0 Å². The molecule has 0 aliphatic rings. The highest BCUT2D eigenvalue weighted by molar-refractivity contribution is 5.81. The number of amides is 1. The molecule has 0 spiro atoms. The van der Waals surface area contributed by atoms with Gasteiger partial charge in [-0.25, -0.2) is 0 Å². The van der Waals surface area contributed by atoms with E-state index in [2.05, 4.69) is 16.6 Å². The summed E-state index contributed by atoms with van der Waals surface area (Å²) in [5.41, 5.74) is 0. The second kappa shape index (κ2) is 5.62. The van der Waals surface area contributed by atoms with Crippen molar-refractivity contribution in [3.05, 3.63) is 0 Å². The van der Waals surface area contributed by atoms with Crippen LogP contribution in [0.2, 0.25) is 0 Å². The van der Waals surface area contributed by atoms with Crippen molar-refractivity contribution in [3.63, 3.8) is 0 Å². The van der Waals surface area contributed by atoms with Gasteiger partial charge in [0.05, 0.1) is 12.6 Å². The number of terminal acetylenes is 1. The van der Waals surface area contributed by atoms with Crippen LogP contribution in [-0.2, 0) is 4.79 Å². The summed E-state index contributed by atoms with van der Waals surface area (Å²) in [5.74, 6) is 2.29. The SMILES string of the molecule is C#CCNC(=O)C(C)NC(C)C. The first-order valence-corrected chi connectivity index (χ1v) is 4.05. The predicted molar refractivity (Wildman–Crippen MR) is 49.6 cm³/mol. The molecule has 0 saturated heterocycles. The summed E-state index contributed by atoms with van der Waals surface area (Å²) in [4.78, 5) is 11.2. The van der Waals surface area contributed by atoms with Crippen molar-refractivity contribution in [3.8, 4) is 12.3 Å². The summed E-state index contributed by atoms with van der Waals surface area (Å²) in [6, 6.07) is 0.120. The maximum absolute atomic E-state index is 11.2. The minimum absolute atomic E-state index is 0.0540. The Balaban J connectivity index is 3.70. The molecule has 0 radical (unpaired) electrons. The molecule has 3 nitrogen and oxygen atoms in total. The van der Waals surface area contributed by atoms with E-state index in [0.717, 1.165) is 0 Å². The summed E-state index contributed by atoms with van der Waals surface area (Å²) in [7, 11) is 0. The van der Waals surface area contributed by atoms with Crippen molar-refractivity contribution >= 4 is 5.91 Å². The molecular formula is C9H16N2O. The predicted octanol–water partition coefficient (Wildman–Crippen LogP) is 0.122. The molecule has 0 fully saturated rings. The first-order valence-electron chi connectivity index (χ1n) is 4.05. The van der Waals surface area contributed by atoms with Gasteiger partial charge in [0.1, 0.15) is 0 Å². The maximum atomic E-state index is 11.2. The quantitative estimate of drug-likeness (QED) is 0.585. The van der Waals surface area contributed by atoms with Gasteiger partial charge in [-0.05, 0) is 6.92 Å². The number of hydrogen-bond acceptors (Lipinski definition) is 2. The average Bonchev–Trinajstić information content (AvgIpc) is 1.98. The van der Waals surface area contributed by atoms with Gasteiger partial charge in [-0.3, -0.25) is 4.79 Å². The lowest BCUT2D eigenvalue weighted by Crippen LogP contribution is -2.44. The molecule has 0 aliphatic heterocycles. The van der Waals surface area contributed by atoms with E-state index in [-0.39, 0.29) is 11.9 Å². The molecule has 1 amide bonds. The van der Waals surface area contributed by atoms with Crippen LogP contribution in [0.15, 0.2) is 0 Å². The Labute approximate surface area is 73.9 Å². The molecule has 1 unspecified atom stereocenters. The Kier molecular flexibility index (Phi) is 5.14. The summed E-state index contributed by atoms with van der Waals surface area (Å²) < 4.78 is 0. The van der Waals surface area contributed by atoms with Crippen LogP contribution in [-0.4, -0.2) is 24.5 Å². The summed E-state index contributed by atoms with van der Waals surface area (Å²) in [6.45, 7) is 6.09. The van der Waals surface area contributed by atoms with Crippen molar-refractivity contribution in [2.75, 3.05) is 6.54 Å². The third-order valence-corrected chi connectivity index (χ3v) is 1.34. The van der Waals surface area contributed by atoms with Gasteiger partial charge in [-0.2, -0.15) is 0 Å². The van der Waals surface area contributed by atoms with Crippen molar-refractivity contribution in [2.24, 2.45) is 0 Å². The Bertz CT molecular complexity index is 181. The normalized spacial score (nSPS) is 12.2. The van der Waals surface area contributed by atoms with E-state index < -0.39 is 0 Å². The molecule has 0 aromatic heterocycles. The Morgan fingerprint density at radius 1 is 1.50 bits per heavy atom. The van der Waals surface area contributed by atoms with Crippen LogP contribution in [0.25, 0.3) is 0 Å². The zero-order chi connectivity index (χ0) is 9.56. The van der Waals surface area contributed by atoms with E-state index in [1.807, 2.05) is 20.8 Å². The van der Waals surface area contributed by atoms with E-state index in [4.69, 9.17) is 6.42 Å². The molecule has 0 saturated carbocycles. The fraction of sp³-hybridized carbons (Fsp3) is 0.667. The number of carbonyl (C=O) groups excluding carboxylic acids is 1. The lowest BCUT2D eigenvalue weighted by Gasteiger charge is -2.15. The van der Waals surface area contributed by atoms with Gasteiger partial charge >= 0.3 is 0 Å². The van der Waals surface area contributed by atoms with E-state index in [0.29, 0.717) is 12.6 Å². The van der Waals surface area contributed by atoms with Gasteiger partial charge in [-0.1, -0.05) is 19.8 Å². The van der Waals surface area contributed by atoms with Crippen LogP contribution in [0.3, 0.4) is 0 Å². The minimum Gasteiger partial charge on any atom is -0.344 e. The summed E-state index contributed by atoms with van der Waals surface area (Å²) in [6.07, 6.45) is 4.99. The Hall–Kier alpha value is -1.01. The highest BCUT2D eigenvalue weighted by Gasteiger charge is 2.11. The maximum Gasteiger partial charge on any atom is 0.237 e. The van der Waals surface area contributed by atoms with Crippen molar-refractivity contribution in [1.82, 2.24) is 10.6 Å². The molecule has 68 valence electrons. The average molecular weight is 168 g/mol. The second-order valence-corrected chi connectivity index (χ2v) is 2.96. The summed E-state index contributed by atoms with van der Waals surface area (Å²) in [5, 5.41) is 5.67. The number of rotatable bonds is 4. The van der Waals surface area contributed by atoms with Gasteiger partial charge in [0.15, 0.2) is 0 Å². The third-order valence-electron chi connectivity index (χ3n) is 1.34. The molecule has 0 aliphatic carbocycles. The minimum atomic E-state index is -0.182. The highest BCUT2D eigenvalue weighted by atomic mass is 16.2. The number of nitrogens with one attached hydrogen (secondary N) is 2. The van der Waals surface area contributed by atoms with Crippen LogP contribution < -0.4 is 10.6 Å². The molecule has 3 heteroatoms. The molecule has 0 bridgehead atoms. The topological polar surface area (TPSA) is 41.1 Å². The van der Waals surface area contributed by atoms with Gasteiger partial charge < -0.3 is 10.6 Å². The zero-order valence-electron chi connectivity index (χ0n) is 7.85. The second-order valence-electron chi connectivity index (χ2n) is 2.96. The number of hydrogen-bond donors (Lipinski definition) is 2. The molecule has 1 atom stereocenters. The van der Waals surface area contributed by atoms with Gasteiger partial charge in [0, 0.05) is 6.04 Å². The standard InChI is InChI=1S/C9H16N2O/c1-5-6-10-9(12)8(4)11-7(2)3/h1,7-8,11H,6H2,2-4H3,(H,10,12). The van der Waals surface area contributed by atoms with Gasteiger partial charge in [-0.15, -0.1) is 6.42 Å². The smallest absolute Gasteiger partial charge is 0.237 e. The third kappa shape index (κ3) is 4.75. The highest BCUT2D eigenvalue weighted by Crippen LogP contribution is 1.85.